The van der Waals surface area contributed by atoms with Crippen LogP contribution in [0.2, 0.25) is 10.1 Å². The van der Waals surface area contributed by atoms with Crippen LogP contribution in [0.5, 0.6) is 5.75 Å². The summed E-state index contributed by atoms with van der Waals surface area (Å²) in [5.41, 5.74) is 0.343. The van der Waals surface area contributed by atoms with Gasteiger partial charge >= 0.3 is 0 Å². The van der Waals surface area contributed by atoms with E-state index in [9.17, 15) is 4.79 Å². The van der Waals surface area contributed by atoms with Crippen molar-refractivity contribution >= 4 is 32.3 Å². The van der Waals surface area contributed by atoms with Crippen molar-refractivity contribution in [2.24, 2.45) is 0 Å². The Morgan fingerprint density at radius 1 is 1.06 bits per heavy atom. The summed E-state index contributed by atoms with van der Waals surface area (Å²) < 4.78 is 19.6. The number of fused-ring (bicyclic) bond motifs is 1. The van der Waals surface area contributed by atoms with Crippen LogP contribution in [-0.4, -0.2) is 20.9 Å². The third-order valence-electron chi connectivity index (χ3n) is 5.04. The van der Waals surface area contributed by atoms with Gasteiger partial charge in [0.2, 0.25) is 20.9 Å². The molecule has 3 rings (SSSR count). The smallest absolute Gasteiger partial charge is 0.237 e. The van der Waals surface area contributed by atoms with Gasteiger partial charge in [-0.15, -0.1) is 0 Å². The van der Waals surface area contributed by atoms with Gasteiger partial charge in [0.05, 0.1) is 6.61 Å². The van der Waals surface area contributed by atoms with Crippen LogP contribution < -0.4 is 10.2 Å². The highest BCUT2D eigenvalue weighted by molar-refractivity contribution is 6.32. The van der Waals surface area contributed by atoms with Crippen LogP contribution in [-0.2, 0) is 16.6 Å². The Hall–Kier alpha value is -2.02. The normalized spacial score (nSPS) is 12.4. The molecule has 2 heterocycles. The molecule has 0 N–H and O–H groups in total. The van der Waals surface area contributed by atoms with Crippen molar-refractivity contribution in [3.63, 3.8) is 0 Å². The van der Waals surface area contributed by atoms with Crippen LogP contribution in [0.25, 0.3) is 10.9 Å². The maximum atomic E-state index is 12.5. The van der Waals surface area contributed by atoms with Crippen LogP contribution >= 0.6 is 11.6 Å². The molecule has 2 aromatic heterocycles. The molecule has 5 nitrogen and oxygen atoms in total. The number of aryl methyl sites for hydroxylation is 1. The Morgan fingerprint density at radius 2 is 1.84 bits per heavy atom. The van der Waals surface area contributed by atoms with E-state index in [1.54, 1.807) is 0 Å². The molecule has 3 aromatic rings. The van der Waals surface area contributed by atoms with E-state index >= 15 is 0 Å². The molecule has 0 atom stereocenters. The van der Waals surface area contributed by atoms with Gasteiger partial charge in [-0.2, -0.15) is 0 Å². The molecule has 0 aliphatic heterocycles. The maximum Gasteiger partial charge on any atom is 0.237 e. The molecule has 0 unspecified atom stereocenters. The first-order valence-electron chi connectivity index (χ1n) is 11.0. The summed E-state index contributed by atoms with van der Waals surface area (Å²) in [6.45, 7) is 11.6. The van der Waals surface area contributed by atoms with Gasteiger partial charge in [0, 0.05) is 34.7 Å². The first-order chi connectivity index (χ1) is 15.0. The van der Waals surface area contributed by atoms with Crippen molar-refractivity contribution in [1.82, 2.24) is 4.57 Å². The molecule has 0 aliphatic carbocycles. The van der Waals surface area contributed by atoms with Gasteiger partial charge in [0.15, 0.2) is 0 Å². The fourth-order valence-electron chi connectivity index (χ4n) is 3.26. The fourth-order valence-corrected chi connectivity index (χ4v) is 4.10. The summed E-state index contributed by atoms with van der Waals surface area (Å²) in [6.07, 6.45) is 6.40. The first kappa shape index (κ1) is 24.6. The molecule has 7 heteroatoms. The number of rotatable bonds is 10. The zero-order chi connectivity index (χ0) is 23.4. The lowest BCUT2D eigenvalue weighted by molar-refractivity contribution is 0.0798. The highest BCUT2D eigenvalue weighted by Crippen LogP contribution is 2.29. The Balaban J connectivity index is 1.44. The van der Waals surface area contributed by atoms with E-state index in [1.165, 1.54) is 17.8 Å². The standard InChI is InChI=1S/C25H32ClNO4Si/c1-24(2,3)32-31-25(4,5)23-16-21(28)22(17-30-23)29-14-8-6-7-12-27-13-11-18-15-19(26)9-10-20(18)27/h9-11,13,15-17H,6-8,12,14H2,1-5H3. The van der Waals surface area contributed by atoms with E-state index in [-0.39, 0.29) is 16.2 Å². The van der Waals surface area contributed by atoms with E-state index in [4.69, 9.17) is 25.2 Å². The SMILES string of the molecule is CC(C)(C)[Si]OC(C)(C)c1cc(=O)c(OCCCCCn2ccc3cc(Cl)ccc32)co1. The number of nitrogens with zero attached hydrogens (tertiary/aromatic N) is 1. The van der Waals surface area contributed by atoms with Gasteiger partial charge in [0.1, 0.15) is 17.6 Å². The Morgan fingerprint density at radius 3 is 2.56 bits per heavy atom. The third kappa shape index (κ3) is 6.74. The van der Waals surface area contributed by atoms with Gasteiger partial charge in [-0.1, -0.05) is 32.4 Å². The number of ether oxygens (including phenoxy) is 1. The lowest BCUT2D eigenvalue weighted by Gasteiger charge is -2.28. The topological polar surface area (TPSA) is 53.6 Å². The van der Waals surface area contributed by atoms with Crippen molar-refractivity contribution in [2.75, 3.05) is 6.61 Å². The highest BCUT2D eigenvalue weighted by Gasteiger charge is 2.28. The van der Waals surface area contributed by atoms with E-state index in [2.05, 4.69) is 43.7 Å². The molecule has 0 spiro atoms. The van der Waals surface area contributed by atoms with Crippen LogP contribution in [0.4, 0.5) is 0 Å². The quantitative estimate of drug-likeness (QED) is 0.246. The van der Waals surface area contributed by atoms with Crippen LogP contribution in [0, 0.1) is 0 Å². The maximum absolute atomic E-state index is 12.5. The largest absolute Gasteiger partial charge is 0.487 e. The minimum Gasteiger partial charge on any atom is -0.487 e. The number of halogens is 1. The molecule has 0 aliphatic rings. The molecule has 0 saturated heterocycles. The molecule has 0 saturated carbocycles. The van der Waals surface area contributed by atoms with Gasteiger partial charge in [-0.05, 0) is 62.4 Å². The van der Waals surface area contributed by atoms with Gasteiger partial charge < -0.3 is 18.1 Å². The number of benzene rings is 1. The van der Waals surface area contributed by atoms with Crippen molar-refractivity contribution in [2.45, 2.75) is 71.1 Å². The zero-order valence-electron chi connectivity index (χ0n) is 19.5. The van der Waals surface area contributed by atoms with Crippen molar-refractivity contribution in [3.05, 3.63) is 63.8 Å². The summed E-state index contributed by atoms with van der Waals surface area (Å²) in [7, 11) is 0.297. The summed E-state index contributed by atoms with van der Waals surface area (Å²) >= 11 is 6.05. The molecule has 1 aromatic carbocycles. The monoisotopic (exact) mass is 473 g/mol. The van der Waals surface area contributed by atoms with E-state index in [0.717, 1.165) is 36.2 Å². The molecule has 2 radical (unpaired) electrons. The molecule has 0 fully saturated rings. The van der Waals surface area contributed by atoms with Crippen LogP contribution in [0.1, 0.15) is 59.6 Å². The lowest BCUT2D eigenvalue weighted by Crippen LogP contribution is -2.28. The second-order valence-electron chi connectivity index (χ2n) is 9.56. The average Bonchev–Trinajstić information content (AvgIpc) is 3.11. The summed E-state index contributed by atoms with van der Waals surface area (Å²) in [5, 5.41) is 1.97. The predicted molar refractivity (Wildman–Crippen MR) is 131 cm³/mol. The fraction of sp³-hybridized carbons (Fsp3) is 0.480. The number of hydrogen-bond donors (Lipinski definition) is 0. The van der Waals surface area contributed by atoms with Crippen LogP contribution in [0.15, 0.2) is 52.0 Å². The Kier molecular flexibility index (Phi) is 7.91. The average molecular weight is 474 g/mol. The van der Waals surface area contributed by atoms with Gasteiger partial charge in [-0.25, -0.2) is 0 Å². The second kappa shape index (κ2) is 10.3. The zero-order valence-corrected chi connectivity index (χ0v) is 21.3. The molecule has 32 heavy (non-hydrogen) atoms. The van der Waals surface area contributed by atoms with Crippen LogP contribution in [0.3, 0.4) is 0 Å². The van der Waals surface area contributed by atoms with E-state index in [1.807, 2.05) is 26.0 Å². The van der Waals surface area contributed by atoms with Gasteiger partial charge in [-0.3, -0.25) is 4.79 Å². The number of hydrogen-bond acceptors (Lipinski definition) is 4. The third-order valence-corrected chi connectivity index (χ3v) is 6.50. The summed E-state index contributed by atoms with van der Waals surface area (Å²) in [5.74, 6) is 0.753. The molecule has 0 bridgehead atoms. The molecule has 172 valence electrons. The van der Waals surface area contributed by atoms with Crippen molar-refractivity contribution in [3.8, 4) is 5.75 Å². The van der Waals surface area contributed by atoms with E-state index in [0.29, 0.717) is 22.1 Å². The second-order valence-corrected chi connectivity index (χ2v) is 11.9. The van der Waals surface area contributed by atoms with Gasteiger partial charge in [0.25, 0.3) is 0 Å². The summed E-state index contributed by atoms with van der Waals surface area (Å²) in [4.78, 5) is 12.5. The number of aromatic nitrogens is 1. The highest BCUT2D eigenvalue weighted by atomic mass is 35.5. The minimum atomic E-state index is -0.669. The van der Waals surface area contributed by atoms with E-state index < -0.39 is 5.60 Å². The van der Waals surface area contributed by atoms with Crippen molar-refractivity contribution in [1.29, 1.82) is 0 Å². The first-order valence-corrected chi connectivity index (χ1v) is 12.3. The number of unbranched alkanes of at least 4 members (excludes halogenated alkanes) is 2. The summed E-state index contributed by atoms with van der Waals surface area (Å²) in [6, 6.07) is 9.52. The molecular weight excluding hydrogens is 442 g/mol. The molecule has 0 amide bonds. The Labute approximate surface area is 197 Å². The minimum absolute atomic E-state index is 0.0583. The van der Waals surface area contributed by atoms with Crippen molar-refractivity contribution < 1.29 is 13.6 Å². The lowest BCUT2D eigenvalue weighted by atomic mass is 10.1. The predicted octanol–water partition coefficient (Wildman–Crippen LogP) is 6.59. The Bertz CT molecular complexity index is 1100. The molecular formula is C25H32ClNO4Si.